The van der Waals surface area contributed by atoms with Crippen molar-refractivity contribution in [3.8, 4) is 5.75 Å². The quantitative estimate of drug-likeness (QED) is 0.362. The first-order valence-electron chi connectivity index (χ1n) is 9.69. The molecule has 0 spiro atoms. The molecule has 1 fully saturated rings. The molecule has 1 aromatic carbocycles. The van der Waals surface area contributed by atoms with Crippen LogP contribution in [0.3, 0.4) is 0 Å². The third kappa shape index (κ3) is 3.77. The van der Waals surface area contributed by atoms with Crippen molar-refractivity contribution < 1.29 is 33.9 Å². The van der Waals surface area contributed by atoms with Crippen LogP contribution in [0.15, 0.2) is 40.2 Å². The van der Waals surface area contributed by atoms with Gasteiger partial charge in [0.05, 0.1) is 45.5 Å². The Morgan fingerprint density at radius 1 is 1.22 bits per heavy atom. The number of amides is 1. The second kappa shape index (κ2) is 8.91. The Morgan fingerprint density at radius 3 is 2.38 bits per heavy atom. The Labute approximate surface area is 187 Å². The van der Waals surface area contributed by atoms with Crippen LogP contribution < -0.4 is 5.73 Å². The smallest absolute Gasteiger partial charge is 0.338 e. The number of nitrogens with two attached hydrogens (primary N) is 1. The number of thioether (sulfide) groups is 1. The topological polar surface area (TPSA) is 162 Å². The molecule has 0 unspecified atom stereocenters. The molecule has 0 saturated carbocycles. The number of phenolic OH excluding ortho intramolecular Hbond substituents is 1. The minimum atomic E-state index is -1.36. The Balaban J connectivity index is 2.37. The highest BCUT2D eigenvalue weighted by Crippen LogP contribution is 2.51. The summed E-state index contributed by atoms with van der Waals surface area (Å²) in [7, 11) is 0. The number of non-ortho nitro benzene ring substituents is 1. The number of nitro benzene ring substituents is 1. The van der Waals surface area contributed by atoms with Gasteiger partial charge >= 0.3 is 11.9 Å². The lowest BCUT2D eigenvalue weighted by Crippen LogP contribution is -2.40. The highest BCUT2D eigenvalue weighted by atomic mass is 32.2. The summed E-state index contributed by atoms with van der Waals surface area (Å²) in [4.78, 5) is 50.5. The van der Waals surface area contributed by atoms with Gasteiger partial charge in [-0.15, -0.1) is 0 Å². The van der Waals surface area contributed by atoms with Crippen molar-refractivity contribution in [3.63, 3.8) is 0 Å². The molecule has 32 heavy (non-hydrogen) atoms. The molecule has 0 aliphatic carbocycles. The van der Waals surface area contributed by atoms with Crippen molar-refractivity contribution >= 4 is 35.3 Å². The lowest BCUT2D eigenvalue weighted by molar-refractivity contribution is -0.384. The van der Waals surface area contributed by atoms with E-state index in [1.807, 2.05) is 0 Å². The molecule has 3 rings (SSSR count). The van der Waals surface area contributed by atoms with Gasteiger partial charge in [0, 0.05) is 17.7 Å². The number of benzene rings is 1. The summed E-state index contributed by atoms with van der Waals surface area (Å²) in [5.74, 6) is -4.28. The highest BCUT2D eigenvalue weighted by molar-refractivity contribution is 8.04. The van der Waals surface area contributed by atoms with Crippen molar-refractivity contribution in [3.05, 3.63) is 55.9 Å². The summed E-state index contributed by atoms with van der Waals surface area (Å²) in [5.41, 5.74) is 5.30. The van der Waals surface area contributed by atoms with E-state index in [9.17, 15) is 29.6 Å². The molecule has 1 saturated heterocycles. The number of hydrogen-bond acceptors (Lipinski definition) is 10. The van der Waals surface area contributed by atoms with E-state index in [1.54, 1.807) is 20.8 Å². The van der Waals surface area contributed by atoms with Gasteiger partial charge < -0.3 is 20.3 Å². The third-order valence-electron chi connectivity index (χ3n) is 4.91. The van der Waals surface area contributed by atoms with Crippen LogP contribution in [0.5, 0.6) is 5.75 Å². The standard InChI is InChI=1S/C20H21N3O8S/c1-4-30-19(26)14-13(11-8-10(23(28)29)6-7-12(11)24)15(20(27)31-5-2)18-22(16(14)21)17(25)9(3)32-18/h6-9,13,24H,4-5,21H2,1-3H3/t9-,13-/m0/s1. The Morgan fingerprint density at radius 2 is 1.81 bits per heavy atom. The number of nitrogens with zero attached hydrogens (tertiary/aromatic N) is 2. The first kappa shape index (κ1) is 23.1. The van der Waals surface area contributed by atoms with Gasteiger partial charge in [-0.2, -0.15) is 0 Å². The fourth-order valence-corrected chi connectivity index (χ4v) is 4.71. The van der Waals surface area contributed by atoms with Crippen LogP contribution in [0.2, 0.25) is 0 Å². The summed E-state index contributed by atoms with van der Waals surface area (Å²) >= 11 is 1.04. The Kier molecular flexibility index (Phi) is 6.44. The molecule has 12 heteroatoms. The predicted molar refractivity (Wildman–Crippen MR) is 113 cm³/mol. The maximum atomic E-state index is 13.0. The van der Waals surface area contributed by atoms with Gasteiger partial charge in [0.2, 0.25) is 5.91 Å². The molecule has 2 heterocycles. The van der Waals surface area contributed by atoms with Crippen molar-refractivity contribution in [2.45, 2.75) is 31.9 Å². The number of hydrogen-bond donors (Lipinski definition) is 2. The average Bonchev–Trinajstić information content (AvgIpc) is 3.02. The van der Waals surface area contributed by atoms with Crippen molar-refractivity contribution in [2.24, 2.45) is 5.73 Å². The van der Waals surface area contributed by atoms with Crippen LogP contribution in [-0.4, -0.2) is 51.2 Å². The molecule has 1 aromatic rings. The summed E-state index contributed by atoms with van der Waals surface area (Å²) < 4.78 is 10.3. The van der Waals surface area contributed by atoms with Crippen LogP contribution in [0.25, 0.3) is 0 Å². The van der Waals surface area contributed by atoms with Crippen molar-refractivity contribution in [1.29, 1.82) is 0 Å². The highest BCUT2D eigenvalue weighted by Gasteiger charge is 2.49. The monoisotopic (exact) mass is 463 g/mol. The van der Waals surface area contributed by atoms with E-state index in [1.165, 1.54) is 0 Å². The SMILES string of the molecule is CCOC(=O)C1=C(N)N2C(=O)[C@H](C)SC2=C(C(=O)OCC)[C@H]1c1cc([N+](=O)[O-])ccc1O. The zero-order valence-corrected chi connectivity index (χ0v) is 18.3. The first-order chi connectivity index (χ1) is 15.1. The van der Waals surface area contributed by atoms with Crippen LogP contribution >= 0.6 is 11.8 Å². The van der Waals surface area contributed by atoms with Crippen molar-refractivity contribution in [2.75, 3.05) is 13.2 Å². The molecule has 2 aliphatic rings. The van der Waals surface area contributed by atoms with Gasteiger partial charge in [-0.3, -0.25) is 19.8 Å². The summed E-state index contributed by atoms with van der Waals surface area (Å²) in [6, 6.07) is 3.22. The Hall–Kier alpha value is -3.54. The van der Waals surface area contributed by atoms with Crippen LogP contribution in [0.4, 0.5) is 5.69 Å². The van der Waals surface area contributed by atoms with Crippen molar-refractivity contribution in [1.82, 2.24) is 4.90 Å². The molecule has 0 aromatic heterocycles. The molecule has 170 valence electrons. The van der Waals surface area contributed by atoms with Gasteiger partial charge in [-0.05, 0) is 26.8 Å². The zero-order valence-electron chi connectivity index (χ0n) is 17.5. The van der Waals surface area contributed by atoms with E-state index in [0.29, 0.717) is 0 Å². The minimum Gasteiger partial charge on any atom is -0.508 e. The molecular formula is C20H21N3O8S. The fourth-order valence-electron chi connectivity index (χ4n) is 3.54. The molecule has 2 aliphatic heterocycles. The maximum Gasteiger partial charge on any atom is 0.338 e. The summed E-state index contributed by atoms with van der Waals surface area (Å²) in [6.07, 6.45) is 0. The predicted octanol–water partition coefficient (Wildman–Crippen LogP) is 1.87. The number of esters is 2. The van der Waals surface area contributed by atoms with E-state index in [2.05, 4.69) is 0 Å². The van der Waals surface area contributed by atoms with E-state index in [0.717, 1.165) is 34.9 Å². The van der Waals surface area contributed by atoms with Gasteiger partial charge in [-0.25, -0.2) is 9.59 Å². The number of carbonyl (C=O) groups is 3. The number of nitro groups is 1. The second-order valence-electron chi connectivity index (χ2n) is 6.83. The number of ether oxygens (including phenoxy) is 2. The van der Waals surface area contributed by atoms with E-state index in [4.69, 9.17) is 15.2 Å². The molecule has 1 amide bonds. The van der Waals surface area contributed by atoms with Gasteiger partial charge in [0.25, 0.3) is 5.69 Å². The number of aromatic hydroxyl groups is 1. The average molecular weight is 463 g/mol. The maximum absolute atomic E-state index is 13.0. The molecular weight excluding hydrogens is 442 g/mol. The number of phenols is 1. The first-order valence-corrected chi connectivity index (χ1v) is 10.6. The molecule has 0 radical (unpaired) electrons. The zero-order chi connectivity index (χ0) is 23.7. The Bertz CT molecular complexity index is 1080. The second-order valence-corrected chi connectivity index (χ2v) is 8.16. The van der Waals surface area contributed by atoms with Crippen LogP contribution in [0, 0.1) is 10.1 Å². The molecule has 0 bridgehead atoms. The number of carbonyl (C=O) groups excluding carboxylic acids is 3. The van der Waals surface area contributed by atoms with E-state index >= 15 is 0 Å². The molecule has 2 atom stereocenters. The minimum absolute atomic E-state index is 0.00858. The summed E-state index contributed by atoms with van der Waals surface area (Å²) in [6.45, 7) is 4.70. The number of fused-ring (bicyclic) bond motifs is 1. The van der Waals surface area contributed by atoms with Gasteiger partial charge in [0.15, 0.2) is 0 Å². The van der Waals surface area contributed by atoms with E-state index in [-0.39, 0.29) is 46.5 Å². The molecule has 11 nitrogen and oxygen atoms in total. The molecule has 3 N–H and O–H groups in total. The lowest BCUT2D eigenvalue weighted by atomic mass is 9.81. The fraction of sp³-hybridized carbons (Fsp3) is 0.350. The van der Waals surface area contributed by atoms with Gasteiger partial charge in [0.1, 0.15) is 11.6 Å². The van der Waals surface area contributed by atoms with Gasteiger partial charge in [-0.1, -0.05) is 11.8 Å². The third-order valence-corrected chi connectivity index (χ3v) is 6.09. The lowest BCUT2D eigenvalue weighted by Gasteiger charge is -2.33. The largest absolute Gasteiger partial charge is 0.508 e. The number of rotatable bonds is 6. The van der Waals surface area contributed by atoms with Crippen LogP contribution in [0.1, 0.15) is 32.3 Å². The van der Waals surface area contributed by atoms with Crippen LogP contribution in [-0.2, 0) is 23.9 Å². The van der Waals surface area contributed by atoms with E-state index < -0.39 is 39.7 Å². The summed E-state index contributed by atoms with van der Waals surface area (Å²) in [5, 5.41) is 21.4. The normalized spacial score (nSPS) is 20.3.